The highest BCUT2D eigenvalue weighted by molar-refractivity contribution is 6.02. The summed E-state index contributed by atoms with van der Waals surface area (Å²) >= 11 is 0. The Hall–Kier alpha value is -3.35. The first-order valence-electron chi connectivity index (χ1n) is 13.1. The van der Waals surface area contributed by atoms with Crippen LogP contribution in [0.3, 0.4) is 0 Å². The number of hydrogen-bond acceptors (Lipinski definition) is 4. The largest absolute Gasteiger partial charge is 0.367 e. The number of anilines is 2. The third-order valence-electron chi connectivity index (χ3n) is 6.91. The first kappa shape index (κ1) is 27.2. The molecule has 7 nitrogen and oxygen atoms in total. The van der Waals surface area contributed by atoms with E-state index in [1.165, 1.54) is 0 Å². The monoisotopic (exact) mass is 492 g/mol. The number of carbonyl (C=O) groups excluding carboxylic acids is 3. The molecule has 1 heterocycles. The van der Waals surface area contributed by atoms with Crippen molar-refractivity contribution in [3.63, 3.8) is 0 Å². The molecular weight excluding hydrogens is 452 g/mol. The highest BCUT2D eigenvalue weighted by Gasteiger charge is 2.29. The molecule has 1 aliphatic heterocycles. The first-order chi connectivity index (χ1) is 17.3. The second-order valence-corrected chi connectivity index (χ2v) is 9.54. The summed E-state index contributed by atoms with van der Waals surface area (Å²) in [5, 5.41) is 2.92. The summed E-state index contributed by atoms with van der Waals surface area (Å²) in [6.07, 6.45) is 0.759. The summed E-state index contributed by atoms with van der Waals surface area (Å²) in [6.45, 7) is 13.4. The maximum atomic E-state index is 13.4. The Morgan fingerprint density at radius 2 is 1.56 bits per heavy atom. The first-order valence-corrected chi connectivity index (χ1v) is 13.1. The van der Waals surface area contributed by atoms with Crippen LogP contribution in [0.25, 0.3) is 0 Å². The van der Waals surface area contributed by atoms with Crippen molar-refractivity contribution < 1.29 is 14.4 Å². The fourth-order valence-corrected chi connectivity index (χ4v) is 4.65. The molecule has 0 spiro atoms. The molecular formula is C29H40N4O3. The van der Waals surface area contributed by atoms with Crippen LogP contribution in [0.2, 0.25) is 0 Å². The van der Waals surface area contributed by atoms with Gasteiger partial charge in [0.15, 0.2) is 0 Å². The molecule has 1 fully saturated rings. The van der Waals surface area contributed by atoms with Gasteiger partial charge in [0.2, 0.25) is 11.8 Å². The van der Waals surface area contributed by atoms with Crippen LogP contribution in [0.4, 0.5) is 11.4 Å². The summed E-state index contributed by atoms with van der Waals surface area (Å²) in [6, 6.07) is 15.5. The molecule has 1 aliphatic rings. The molecule has 0 aliphatic carbocycles. The Morgan fingerprint density at radius 3 is 2.11 bits per heavy atom. The van der Waals surface area contributed by atoms with E-state index in [2.05, 4.69) is 17.1 Å². The lowest BCUT2D eigenvalue weighted by Crippen LogP contribution is -2.50. The van der Waals surface area contributed by atoms with Crippen molar-refractivity contribution >= 4 is 29.1 Å². The maximum Gasteiger partial charge on any atom is 0.256 e. The molecule has 1 N–H and O–H groups in total. The van der Waals surface area contributed by atoms with Gasteiger partial charge < -0.3 is 20.0 Å². The number of nitrogens with one attached hydrogen (secondary N) is 1. The summed E-state index contributed by atoms with van der Waals surface area (Å²) in [4.78, 5) is 44.9. The van der Waals surface area contributed by atoms with Gasteiger partial charge in [-0.25, -0.2) is 0 Å². The summed E-state index contributed by atoms with van der Waals surface area (Å²) in [5.74, 6) is -0.264. The Morgan fingerprint density at radius 1 is 0.917 bits per heavy atom. The van der Waals surface area contributed by atoms with Crippen LogP contribution in [0.1, 0.15) is 62.9 Å². The van der Waals surface area contributed by atoms with Crippen molar-refractivity contribution in [1.82, 2.24) is 9.80 Å². The van der Waals surface area contributed by atoms with Crippen molar-refractivity contribution in [3.8, 4) is 0 Å². The predicted molar refractivity (Wildman–Crippen MR) is 145 cm³/mol. The fourth-order valence-electron chi connectivity index (χ4n) is 4.65. The van der Waals surface area contributed by atoms with Gasteiger partial charge in [-0.15, -0.1) is 0 Å². The second kappa shape index (κ2) is 12.6. The topological polar surface area (TPSA) is 73.0 Å². The van der Waals surface area contributed by atoms with Gasteiger partial charge in [0, 0.05) is 56.6 Å². The average Bonchev–Trinajstić information content (AvgIpc) is 2.90. The minimum absolute atomic E-state index is 0.0516. The van der Waals surface area contributed by atoms with E-state index in [1.54, 1.807) is 11.0 Å². The summed E-state index contributed by atoms with van der Waals surface area (Å²) in [7, 11) is 0. The summed E-state index contributed by atoms with van der Waals surface area (Å²) < 4.78 is 0. The third kappa shape index (κ3) is 6.25. The molecule has 0 radical (unpaired) electrons. The van der Waals surface area contributed by atoms with Gasteiger partial charge in [0.25, 0.3) is 5.91 Å². The van der Waals surface area contributed by atoms with Crippen LogP contribution in [0, 0.1) is 5.92 Å². The van der Waals surface area contributed by atoms with Crippen molar-refractivity contribution in [2.75, 3.05) is 49.5 Å². The molecule has 1 atom stereocenters. The Balaban J connectivity index is 1.80. The Kier molecular flexibility index (Phi) is 9.51. The molecule has 36 heavy (non-hydrogen) atoms. The van der Waals surface area contributed by atoms with Crippen LogP contribution in [-0.4, -0.2) is 66.8 Å². The van der Waals surface area contributed by atoms with Crippen molar-refractivity contribution in [1.29, 1.82) is 0 Å². The third-order valence-corrected chi connectivity index (χ3v) is 6.91. The van der Waals surface area contributed by atoms with E-state index in [9.17, 15) is 14.4 Å². The number of hydrogen-bond donors (Lipinski definition) is 1. The number of rotatable bonds is 9. The molecule has 2 aromatic carbocycles. The van der Waals surface area contributed by atoms with Gasteiger partial charge in [-0.2, -0.15) is 0 Å². The smallest absolute Gasteiger partial charge is 0.256 e. The quantitative estimate of drug-likeness (QED) is 0.555. The number of nitrogens with zero attached hydrogens (tertiary/aromatic N) is 3. The lowest BCUT2D eigenvalue weighted by atomic mass is 9.94. The van der Waals surface area contributed by atoms with Crippen molar-refractivity contribution in [2.45, 2.75) is 47.0 Å². The molecule has 1 saturated heterocycles. The summed E-state index contributed by atoms with van der Waals surface area (Å²) in [5.41, 5.74) is 3.10. The molecule has 0 aromatic heterocycles. The van der Waals surface area contributed by atoms with Crippen LogP contribution in [0.15, 0.2) is 48.5 Å². The lowest BCUT2D eigenvalue weighted by Gasteiger charge is -2.38. The van der Waals surface area contributed by atoms with Gasteiger partial charge in [-0.3, -0.25) is 14.4 Å². The zero-order chi connectivity index (χ0) is 26.2. The maximum absolute atomic E-state index is 13.4. The van der Waals surface area contributed by atoms with E-state index in [-0.39, 0.29) is 29.6 Å². The number of carbonyl (C=O) groups is 3. The molecule has 7 heteroatoms. The second-order valence-electron chi connectivity index (χ2n) is 9.54. The van der Waals surface area contributed by atoms with Crippen LogP contribution in [0.5, 0.6) is 0 Å². The minimum Gasteiger partial charge on any atom is -0.367 e. The Labute approximate surface area is 215 Å². The van der Waals surface area contributed by atoms with Gasteiger partial charge in [0.05, 0.1) is 11.5 Å². The van der Waals surface area contributed by atoms with E-state index in [0.717, 1.165) is 17.7 Å². The predicted octanol–water partition coefficient (Wildman–Crippen LogP) is 4.61. The standard InChI is InChI=1S/C29H40N4O3/c1-6-24(22-12-10-9-11-13-22)28(35)33-18-16-32(17-19-33)26-15-14-23(30-27(34)21(4)5)20-25(26)29(36)31(7-2)8-3/h9-15,20-21,24H,6-8,16-19H2,1-5H3,(H,30,34)/t24-/m1/s1. The molecule has 0 unspecified atom stereocenters. The van der Waals surface area contributed by atoms with Gasteiger partial charge >= 0.3 is 0 Å². The van der Waals surface area contributed by atoms with Crippen LogP contribution >= 0.6 is 0 Å². The van der Waals surface area contributed by atoms with E-state index in [1.807, 2.05) is 75.1 Å². The molecule has 2 aromatic rings. The van der Waals surface area contributed by atoms with E-state index in [4.69, 9.17) is 0 Å². The van der Waals surface area contributed by atoms with E-state index >= 15 is 0 Å². The molecule has 3 rings (SSSR count). The van der Waals surface area contributed by atoms with E-state index < -0.39 is 0 Å². The number of piperazine rings is 1. The van der Waals surface area contributed by atoms with Crippen LogP contribution in [-0.2, 0) is 9.59 Å². The van der Waals surface area contributed by atoms with Crippen molar-refractivity contribution in [2.24, 2.45) is 5.92 Å². The fraction of sp³-hybridized carbons (Fsp3) is 0.483. The molecule has 0 bridgehead atoms. The zero-order valence-corrected chi connectivity index (χ0v) is 22.3. The van der Waals surface area contributed by atoms with Crippen molar-refractivity contribution in [3.05, 3.63) is 59.7 Å². The molecule has 194 valence electrons. The highest BCUT2D eigenvalue weighted by atomic mass is 16.2. The van der Waals surface area contributed by atoms with Gasteiger partial charge in [-0.1, -0.05) is 51.1 Å². The minimum atomic E-state index is -0.153. The van der Waals surface area contributed by atoms with Crippen LogP contribution < -0.4 is 10.2 Å². The normalized spacial score (nSPS) is 14.5. The van der Waals surface area contributed by atoms with Gasteiger partial charge in [0.1, 0.15) is 0 Å². The number of amides is 3. The van der Waals surface area contributed by atoms with Gasteiger partial charge in [-0.05, 0) is 44.0 Å². The molecule has 3 amide bonds. The zero-order valence-electron chi connectivity index (χ0n) is 22.3. The molecule has 0 saturated carbocycles. The van der Waals surface area contributed by atoms with E-state index in [0.29, 0.717) is 50.5 Å². The highest BCUT2D eigenvalue weighted by Crippen LogP contribution is 2.29. The Bertz CT molecular complexity index is 1040. The number of benzene rings is 2. The lowest BCUT2D eigenvalue weighted by molar-refractivity contribution is -0.133. The SMILES string of the molecule is CC[C@@H](C(=O)N1CCN(c2ccc(NC(=O)C(C)C)cc2C(=O)N(CC)CC)CC1)c1ccccc1. The average molecular weight is 493 g/mol.